The van der Waals surface area contributed by atoms with Crippen LogP contribution in [0.25, 0.3) is 0 Å². The quantitative estimate of drug-likeness (QED) is 0.116. The highest BCUT2D eigenvalue weighted by Gasteiger charge is 2.23. The Morgan fingerprint density at radius 2 is 1.72 bits per heavy atom. The minimum absolute atomic E-state index is 0.00985. The SMILES string of the molecule is CCCCCCCCCC(=O)NCCOCCOC(=O)[C@H](Cc1cnc[nH]1)NC(=O)CNC(=O)CN. The smallest absolute Gasteiger partial charge is 0.329 e. The van der Waals surface area contributed by atoms with Crippen LogP contribution in [0.2, 0.25) is 0 Å². The van der Waals surface area contributed by atoms with E-state index < -0.39 is 23.8 Å². The molecule has 6 N–H and O–H groups in total. The van der Waals surface area contributed by atoms with Crippen molar-refractivity contribution in [3.05, 3.63) is 18.2 Å². The number of rotatable bonds is 21. The molecule has 0 aromatic carbocycles. The molecule has 1 atom stereocenters. The lowest BCUT2D eigenvalue weighted by atomic mass is 10.1. The second kappa shape index (κ2) is 20.2. The number of hydrogen-bond acceptors (Lipinski definition) is 8. The summed E-state index contributed by atoms with van der Waals surface area (Å²) >= 11 is 0. The summed E-state index contributed by atoms with van der Waals surface area (Å²) in [6, 6.07) is -0.973. The molecule has 1 heterocycles. The molecular formula is C24H42N6O6. The zero-order chi connectivity index (χ0) is 26.4. The Labute approximate surface area is 212 Å². The molecule has 12 heteroatoms. The first kappa shape index (κ1) is 31.0. The third-order valence-corrected chi connectivity index (χ3v) is 5.28. The molecular weight excluding hydrogens is 468 g/mol. The molecule has 36 heavy (non-hydrogen) atoms. The lowest BCUT2D eigenvalue weighted by molar-refractivity contribution is -0.149. The highest BCUT2D eigenvalue weighted by molar-refractivity contribution is 5.88. The Morgan fingerprint density at radius 1 is 0.972 bits per heavy atom. The van der Waals surface area contributed by atoms with E-state index in [4.69, 9.17) is 15.2 Å². The highest BCUT2D eigenvalue weighted by Crippen LogP contribution is 2.08. The number of aromatic amines is 1. The van der Waals surface area contributed by atoms with Gasteiger partial charge in [0.2, 0.25) is 17.7 Å². The third-order valence-electron chi connectivity index (χ3n) is 5.28. The number of unbranched alkanes of at least 4 members (excludes halogenated alkanes) is 6. The summed E-state index contributed by atoms with van der Waals surface area (Å²) < 4.78 is 10.6. The molecule has 204 valence electrons. The minimum atomic E-state index is -0.973. The molecule has 0 aliphatic carbocycles. The number of carbonyl (C=O) groups is 4. The van der Waals surface area contributed by atoms with E-state index in [2.05, 4.69) is 32.8 Å². The average molecular weight is 511 g/mol. The van der Waals surface area contributed by atoms with Gasteiger partial charge >= 0.3 is 5.97 Å². The van der Waals surface area contributed by atoms with E-state index in [1.54, 1.807) is 0 Å². The third kappa shape index (κ3) is 15.8. The van der Waals surface area contributed by atoms with Gasteiger partial charge < -0.3 is 36.1 Å². The molecule has 0 spiro atoms. The van der Waals surface area contributed by atoms with Gasteiger partial charge in [-0.2, -0.15) is 0 Å². The van der Waals surface area contributed by atoms with E-state index in [0.717, 1.165) is 12.8 Å². The zero-order valence-electron chi connectivity index (χ0n) is 21.3. The van der Waals surface area contributed by atoms with Crippen molar-refractivity contribution in [2.24, 2.45) is 5.73 Å². The van der Waals surface area contributed by atoms with E-state index in [-0.39, 0.29) is 38.6 Å². The predicted molar refractivity (Wildman–Crippen MR) is 134 cm³/mol. The van der Waals surface area contributed by atoms with Crippen molar-refractivity contribution in [2.45, 2.75) is 70.8 Å². The first-order valence-electron chi connectivity index (χ1n) is 12.7. The molecule has 0 bridgehead atoms. The summed E-state index contributed by atoms with van der Waals surface area (Å²) in [4.78, 5) is 54.4. The van der Waals surface area contributed by atoms with Crippen molar-refractivity contribution < 1.29 is 28.7 Å². The van der Waals surface area contributed by atoms with Gasteiger partial charge in [0, 0.05) is 31.3 Å². The number of ether oxygens (including phenoxy) is 2. The lowest BCUT2D eigenvalue weighted by Crippen LogP contribution is -2.48. The summed E-state index contributed by atoms with van der Waals surface area (Å²) in [5, 5.41) is 7.69. The number of imidazole rings is 1. The van der Waals surface area contributed by atoms with E-state index in [1.807, 2.05) is 0 Å². The fourth-order valence-electron chi connectivity index (χ4n) is 3.30. The molecule has 0 unspecified atom stereocenters. The standard InChI is InChI=1S/C24H42N6O6/c1-2-3-4-5-6-7-8-9-21(31)27-10-11-35-12-13-36-24(34)20(14-19-16-26-18-29-19)30-23(33)17-28-22(32)15-25/h16,18,20H,2-15,17,25H2,1H3,(H,26,29)(H,27,31)(H,28,32)(H,30,33)/t20-/m0/s1. The van der Waals surface area contributed by atoms with Crippen LogP contribution in [-0.4, -0.2) is 79.2 Å². The summed E-state index contributed by atoms with van der Waals surface area (Å²) in [6.45, 7) is 2.47. The molecule has 0 aliphatic heterocycles. The van der Waals surface area contributed by atoms with Crippen LogP contribution >= 0.6 is 0 Å². The van der Waals surface area contributed by atoms with E-state index in [1.165, 1.54) is 44.6 Å². The summed E-state index contributed by atoms with van der Waals surface area (Å²) in [5.41, 5.74) is 5.82. The van der Waals surface area contributed by atoms with Gasteiger partial charge in [-0.15, -0.1) is 0 Å². The van der Waals surface area contributed by atoms with Gasteiger partial charge in [-0.25, -0.2) is 9.78 Å². The molecule has 0 radical (unpaired) electrons. The molecule has 0 fully saturated rings. The van der Waals surface area contributed by atoms with E-state index >= 15 is 0 Å². The van der Waals surface area contributed by atoms with Crippen molar-refractivity contribution >= 4 is 23.7 Å². The van der Waals surface area contributed by atoms with Crippen molar-refractivity contribution in [3.63, 3.8) is 0 Å². The molecule has 1 aromatic heterocycles. The van der Waals surface area contributed by atoms with Crippen LogP contribution in [0.5, 0.6) is 0 Å². The van der Waals surface area contributed by atoms with Crippen LogP contribution in [0.3, 0.4) is 0 Å². The number of amides is 3. The molecule has 3 amide bonds. The van der Waals surface area contributed by atoms with Gasteiger partial charge in [-0.05, 0) is 6.42 Å². The molecule has 12 nitrogen and oxygen atoms in total. The first-order valence-corrected chi connectivity index (χ1v) is 12.7. The number of hydrogen-bond donors (Lipinski definition) is 5. The molecule has 1 rings (SSSR count). The number of carbonyl (C=O) groups excluding carboxylic acids is 4. The van der Waals surface area contributed by atoms with Gasteiger partial charge in [-0.1, -0.05) is 45.4 Å². The summed E-state index contributed by atoms with van der Waals surface area (Å²) in [7, 11) is 0. The lowest BCUT2D eigenvalue weighted by Gasteiger charge is -2.17. The van der Waals surface area contributed by atoms with Crippen LogP contribution in [0.15, 0.2) is 12.5 Å². The Balaban J connectivity index is 2.19. The normalized spacial score (nSPS) is 11.5. The van der Waals surface area contributed by atoms with Gasteiger partial charge in [0.05, 0.1) is 32.6 Å². The van der Waals surface area contributed by atoms with Gasteiger partial charge in [0.1, 0.15) is 12.6 Å². The van der Waals surface area contributed by atoms with Gasteiger partial charge in [0.15, 0.2) is 0 Å². The number of nitrogens with one attached hydrogen (secondary N) is 4. The largest absolute Gasteiger partial charge is 0.462 e. The van der Waals surface area contributed by atoms with Crippen LogP contribution in [0.4, 0.5) is 0 Å². The summed E-state index contributed by atoms with van der Waals surface area (Å²) in [6.07, 6.45) is 11.8. The van der Waals surface area contributed by atoms with Crippen molar-refractivity contribution in [1.29, 1.82) is 0 Å². The maximum Gasteiger partial charge on any atom is 0.329 e. The fraction of sp³-hybridized carbons (Fsp3) is 0.708. The number of nitrogens with two attached hydrogens (primary N) is 1. The predicted octanol–water partition coefficient (Wildman–Crippen LogP) is 0.329. The molecule has 0 saturated heterocycles. The maximum atomic E-state index is 12.5. The number of aromatic nitrogens is 2. The monoisotopic (exact) mass is 510 g/mol. The number of esters is 1. The summed E-state index contributed by atoms with van der Waals surface area (Å²) in [5.74, 6) is -1.67. The van der Waals surface area contributed by atoms with Crippen molar-refractivity contribution in [1.82, 2.24) is 25.9 Å². The topological polar surface area (TPSA) is 178 Å². The molecule has 1 aromatic rings. The fourth-order valence-corrected chi connectivity index (χ4v) is 3.30. The van der Waals surface area contributed by atoms with E-state index in [9.17, 15) is 19.2 Å². The van der Waals surface area contributed by atoms with Crippen LogP contribution < -0.4 is 21.7 Å². The molecule has 0 aliphatic rings. The van der Waals surface area contributed by atoms with Crippen LogP contribution in [0, 0.1) is 0 Å². The minimum Gasteiger partial charge on any atom is -0.462 e. The van der Waals surface area contributed by atoms with Crippen LogP contribution in [-0.2, 0) is 35.1 Å². The van der Waals surface area contributed by atoms with Gasteiger partial charge in [-0.3, -0.25) is 14.4 Å². The maximum absolute atomic E-state index is 12.5. The zero-order valence-corrected chi connectivity index (χ0v) is 21.3. The Kier molecular flexibility index (Phi) is 17.4. The second-order valence-corrected chi connectivity index (χ2v) is 8.38. The second-order valence-electron chi connectivity index (χ2n) is 8.38. The average Bonchev–Trinajstić information content (AvgIpc) is 3.38. The van der Waals surface area contributed by atoms with E-state index in [0.29, 0.717) is 25.3 Å². The number of nitrogens with zero attached hydrogens (tertiary/aromatic N) is 1. The van der Waals surface area contributed by atoms with Gasteiger partial charge in [0.25, 0.3) is 0 Å². The van der Waals surface area contributed by atoms with Crippen molar-refractivity contribution in [3.8, 4) is 0 Å². The molecule has 0 saturated carbocycles. The first-order chi connectivity index (χ1) is 17.5. The Morgan fingerprint density at radius 3 is 2.42 bits per heavy atom. The Hall–Kier alpha value is -2.99. The van der Waals surface area contributed by atoms with Crippen LogP contribution in [0.1, 0.15) is 64.0 Å². The highest BCUT2D eigenvalue weighted by atomic mass is 16.6. The van der Waals surface area contributed by atoms with Crippen molar-refractivity contribution in [2.75, 3.05) is 39.5 Å². The number of H-pyrrole nitrogens is 1. The Bertz CT molecular complexity index is 758.